The Balaban J connectivity index is 2.93. The number of hydrogen-bond donors (Lipinski definition) is 3. The number of carbonyl (C=O) groups is 1. The second-order valence-corrected chi connectivity index (χ2v) is 7.43. The molecule has 2 atom stereocenters. The van der Waals surface area contributed by atoms with Gasteiger partial charge in [-0.1, -0.05) is 26.8 Å². The summed E-state index contributed by atoms with van der Waals surface area (Å²) in [6.45, 7) is 7.39. The van der Waals surface area contributed by atoms with Crippen molar-refractivity contribution in [2.24, 2.45) is 11.7 Å². The molecule has 0 aliphatic rings. The Morgan fingerprint density at radius 1 is 1.27 bits per heavy atom. The second-order valence-electron chi connectivity index (χ2n) is 5.72. The van der Waals surface area contributed by atoms with Crippen molar-refractivity contribution in [3.8, 4) is 0 Å². The number of hydrogen-bond acceptors (Lipinski definition) is 4. The zero-order chi connectivity index (χ0) is 16.9. The van der Waals surface area contributed by atoms with Gasteiger partial charge in [0.1, 0.15) is 0 Å². The second kappa shape index (κ2) is 7.71. The summed E-state index contributed by atoms with van der Waals surface area (Å²) in [7, 11) is -3.60. The number of sulfonamides is 1. The Kier molecular flexibility index (Phi) is 6.52. The monoisotopic (exact) mass is 327 g/mol. The Hall–Kier alpha value is -1.44. The molecule has 0 heterocycles. The molecule has 0 aromatic heterocycles. The molecule has 22 heavy (non-hydrogen) atoms. The van der Waals surface area contributed by atoms with Gasteiger partial charge in [0.15, 0.2) is 0 Å². The maximum atomic E-state index is 12.2. The summed E-state index contributed by atoms with van der Waals surface area (Å²) in [5.41, 5.74) is 6.18. The van der Waals surface area contributed by atoms with E-state index in [4.69, 9.17) is 5.73 Å². The third-order valence-corrected chi connectivity index (χ3v) is 4.99. The van der Waals surface area contributed by atoms with Crippen molar-refractivity contribution in [2.45, 2.75) is 51.1 Å². The number of rotatable bonds is 7. The largest absolute Gasteiger partial charge is 0.325 e. The van der Waals surface area contributed by atoms with Gasteiger partial charge in [0.25, 0.3) is 0 Å². The van der Waals surface area contributed by atoms with E-state index in [0.29, 0.717) is 12.1 Å². The highest BCUT2D eigenvalue weighted by Gasteiger charge is 2.19. The average Bonchev–Trinajstić information content (AvgIpc) is 2.45. The lowest BCUT2D eigenvalue weighted by Gasteiger charge is -2.16. The topological polar surface area (TPSA) is 101 Å². The lowest BCUT2D eigenvalue weighted by Crippen LogP contribution is -2.39. The molecule has 1 amide bonds. The van der Waals surface area contributed by atoms with Crippen molar-refractivity contribution in [3.05, 3.63) is 24.3 Å². The first kappa shape index (κ1) is 18.6. The van der Waals surface area contributed by atoms with Crippen LogP contribution in [0.15, 0.2) is 29.2 Å². The van der Waals surface area contributed by atoms with E-state index in [1.54, 1.807) is 19.1 Å². The van der Waals surface area contributed by atoms with Crippen LogP contribution in [-0.4, -0.2) is 26.4 Å². The quantitative estimate of drug-likeness (QED) is 0.709. The van der Waals surface area contributed by atoms with Crippen LogP contribution in [0.2, 0.25) is 0 Å². The zero-order valence-corrected chi connectivity index (χ0v) is 14.3. The summed E-state index contributed by atoms with van der Waals surface area (Å²) in [6, 6.07) is 5.34. The van der Waals surface area contributed by atoms with E-state index in [0.717, 1.165) is 0 Å². The predicted octanol–water partition coefficient (Wildman–Crippen LogP) is 1.69. The summed E-state index contributed by atoms with van der Waals surface area (Å²) in [6.07, 6.45) is 0.693. The molecular weight excluding hydrogens is 302 g/mol. The predicted molar refractivity (Wildman–Crippen MR) is 88.0 cm³/mol. The van der Waals surface area contributed by atoms with Crippen LogP contribution in [-0.2, 0) is 14.8 Å². The number of nitrogens with one attached hydrogen (secondary N) is 2. The van der Waals surface area contributed by atoms with E-state index in [9.17, 15) is 13.2 Å². The van der Waals surface area contributed by atoms with Gasteiger partial charge in [-0.25, -0.2) is 13.1 Å². The van der Waals surface area contributed by atoms with Crippen LogP contribution in [0.3, 0.4) is 0 Å². The van der Waals surface area contributed by atoms with Gasteiger partial charge in [-0.05, 0) is 37.5 Å². The van der Waals surface area contributed by atoms with Crippen LogP contribution in [0.5, 0.6) is 0 Å². The molecule has 0 spiro atoms. The average molecular weight is 327 g/mol. The Bertz CT molecular complexity index is 614. The molecule has 1 rings (SSSR count). The molecular formula is C15H25N3O3S. The minimum Gasteiger partial charge on any atom is -0.325 e. The molecule has 0 aliphatic carbocycles. The molecule has 1 aromatic rings. The summed E-state index contributed by atoms with van der Waals surface area (Å²) >= 11 is 0. The molecule has 124 valence electrons. The van der Waals surface area contributed by atoms with Crippen molar-refractivity contribution >= 4 is 21.6 Å². The van der Waals surface area contributed by atoms with Gasteiger partial charge in [0.05, 0.1) is 10.9 Å². The first-order valence-electron chi connectivity index (χ1n) is 7.36. The van der Waals surface area contributed by atoms with E-state index < -0.39 is 16.1 Å². The smallest absolute Gasteiger partial charge is 0.241 e. The standard InChI is InChI=1S/C15H25N3O3S/c1-5-11(4)18-22(20,21)13-8-6-7-12(9-13)17-15(19)14(16)10(2)3/h6-11,14,18H,5,16H2,1-4H3,(H,17,19)/t11?,14-/m0/s1. The molecule has 1 unspecified atom stereocenters. The van der Waals surface area contributed by atoms with Crippen molar-refractivity contribution in [1.29, 1.82) is 0 Å². The van der Waals surface area contributed by atoms with Gasteiger partial charge < -0.3 is 11.1 Å². The van der Waals surface area contributed by atoms with Crippen LogP contribution in [0.4, 0.5) is 5.69 Å². The van der Waals surface area contributed by atoms with E-state index >= 15 is 0 Å². The molecule has 0 aliphatic heterocycles. The van der Waals surface area contributed by atoms with Crippen LogP contribution >= 0.6 is 0 Å². The molecule has 6 nitrogen and oxygen atoms in total. The lowest BCUT2D eigenvalue weighted by atomic mass is 10.1. The van der Waals surface area contributed by atoms with Gasteiger partial charge in [-0.15, -0.1) is 0 Å². The normalized spacial score (nSPS) is 14.6. The number of nitrogens with two attached hydrogens (primary N) is 1. The third kappa shape index (κ3) is 5.08. The van der Waals surface area contributed by atoms with E-state index in [1.807, 2.05) is 20.8 Å². The third-order valence-electron chi connectivity index (χ3n) is 3.40. The summed E-state index contributed by atoms with van der Waals surface area (Å²) in [4.78, 5) is 12.1. The van der Waals surface area contributed by atoms with E-state index in [1.165, 1.54) is 12.1 Å². The number of amides is 1. The van der Waals surface area contributed by atoms with Crippen molar-refractivity contribution in [1.82, 2.24) is 4.72 Å². The molecule has 0 saturated heterocycles. The van der Waals surface area contributed by atoms with Crippen LogP contribution in [0.25, 0.3) is 0 Å². The fourth-order valence-corrected chi connectivity index (χ4v) is 3.06. The van der Waals surface area contributed by atoms with Gasteiger partial charge in [0.2, 0.25) is 15.9 Å². The number of carbonyl (C=O) groups excluding carboxylic acids is 1. The van der Waals surface area contributed by atoms with Gasteiger partial charge in [-0.3, -0.25) is 4.79 Å². The van der Waals surface area contributed by atoms with Crippen molar-refractivity contribution < 1.29 is 13.2 Å². The molecule has 1 aromatic carbocycles. The van der Waals surface area contributed by atoms with Crippen LogP contribution in [0, 0.1) is 5.92 Å². The molecule has 0 radical (unpaired) electrons. The minimum atomic E-state index is -3.60. The summed E-state index contributed by atoms with van der Waals surface area (Å²) in [5, 5.41) is 2.65. The minimum absolute atomic E-state index is 0.000939. The maximum Gasteiger partial charge on any atom is 0.241 e. The van der Waals surface area contributed by atoms with Crippen molar-refractivity contribution in [2.75, 3.05) is 5.32 Å². The SMILES string of the molecule is CCC(C)NS(=O)(=O)c1cccc(NC(=O)[C@@H](N)C(C)C)c1. The Morgan fingerprint density at radius 2 is 1.91 bits per heavy atom. The highest BCUT2D eigenvalue weighted by molar-refractivity contribution is 7.89. The first-order chi connectivity index (χ1) is 10.2. The molecule has 7 heteroatoms. The highest BCUT2D eigenvalue weighted by atomic mass is 32.2. The van der Waals surface area contributed by atoms with Crippen LogP contribution in [0.1, 0.15) is 34.1 Å². The molecule has 0 saturated carbocycles. The molecule has 0 fully saturated rings. The zero-order valence-electron chi connectivity index (χ0n) is 13.5. The molecule has 4 N–H and O–H groups in total. The first-order valence-corrected chi connectivity index (χ1v) is 8.84. The highest BCUT2D eigenvalue weighted by Crippen LogP contribution is 2.16. The fourth-order valence-electron chi connectivity index (χ4n) is 1.69. The Labute approximate surface area is 132 Å². The number of benzene rings is 1. The number of anilines is 1. The fraction of sp³-hybridized carbons (Fsp3) is 0.533. The van der Waals surface area contributed by atoms with E-state index in [-0.39, 0.29) is 22.8 Å². The van der Waals surface area contributed by atoms with Gasteiger partial charge in [0, 0.05) is 11.7 Å². The van der Waals surface area contributed by atoms with Crippen LogP contribution < -0.4 is 15.8 Å². The maximum absolute atomic E-state index is 12.2. The van der Waals surface area contributed by atoms with E-state index in [2.05, 4.69) is 10.0 Å². The summed E-state index contributed by atoms with van der Waals surface area (Å²) < 4.78 is 27.0. The summed E-state index contributed by atoms with van der Waals surface area (Å²) in [5.74, 6) is -0.335. The van der Waals surface area contributed by atoms with Gasteiger partial charge >= 0.3 is 0 Å². The van der Waals surface area contributed by atoms with Crippen molar-refractivity contribution in [3.63, 3.8) is 0 Å². The molecule has 0 bridgehead atoms. The Morgan fingerprint density at radius 3 is 2.45 bits per heavy atom. The van der Waals surface area contributed by atoms with Gasteiger partial charge in [-0.2, -0.15) is 0 Å². The lowest BCUT2D eigenvalue weighted by molar-refractivity contribution is -0.118.